The van der Waals surface area contributed by atoms with Crippen molar-refractivity contribution in [1.29, 1.82) is 0 Å². The second kappa shape index (κ2) is 7.63. The van der Waals surface area contributed by atoms with Crippen molar-refractivity contribution < 1.29 is 14.8 Å². The van der Waals surface area contributed by atoms with Gasteiger partial charge in [0.05, 0.1) is 21.5 Å². The van der Waals surface area contributed by atoms with Gasteiger partial charge in [-0.2, -0.15) is 0 Å². The summed E-state index contributed by atoms with van der Waals surface area (Å²) in [6, 6.07) is 9.58. The summed E-state index contributed by atoms with van der Waals surface area (Å²) in [5, 5.41) is 24.9. The molecule has 2 heterocycles. The highest BCUT2D eigenvalue weighted by atomic mass is 32.1. The van der Waals surface area contributed by atoms with Crippen molar-refractivity contribution in [3.05, 3.63) is 68.5 Å². The highest BCUT2D eigenvalue weighted by Gasteiger charge is 2.25. The molecule has 0 fully saturated rings. The number of nitro groups is 1. The van der Waals surface area contributed by atoms with Crippen molar-refractivity contribution in [2.45, 2.75) is 12.5 Å². The number of thiazole rings is 1. The van der Waals surface area contributed by atoms with E-state index in [0.29, 0.717) is 12.1 Å². The molecule has 3 rings (SSSR count). The Balaban J connectivity index is 1.88. The zero-order valence-electron chi connectivity index (χ0n) is 13.7. The summed E-state index contributed by atoms with van der Waals surface area (Å²) in [5.74, 6) is 0. The Bertz CT molecular complexity index is 907. The largest absolute Gasteiger partial charge is 0.465 e. The lowest BCUT2D eigenvalue weighted by Crippen LogP contribution is -2.31. The van der Waals surface area contributed by atoms with Crippen molar-refractivity contribution >= 4 is 34.5 Å². The number of amides is 1. The van der Waals surface area contributed by atoms with E-state index in [9.17, 15) is 20.0 Å². The second-order valence-electron chi connectivity index (χ2n) is 5.59. The number of carbonyl (C=O) groups is 1. The lowest BCUT2D eigenvalue weighted by molar-refractivity contribution is -0.384. The van der Waals surface area contributed by atoms with Gasteiger partial charge in [0.2, 0.25) is 0 Å². The molecule has 0 spiro atoms. The summed E-state index contributed by atoms with van der Waals surface area (Å²) in [7, 11) is 1.50. The monoisotopic (exact) mass is 389 g/mol. The zero-order valence-corrected chi connectivity index (χ0v) is 15.4. The predicted molar refractivity (Wildman–Crippen MR) is 101 cm³/mol. The summed E-state index contributed by atoms with van der Waals surface area (Å²) in [5.41, 5.74) is 1.48. The van der Waals surface area contributed by atoms with E-state index in [-0.39, 0.29) is 5.69 Å². The van der Waals surface area contributed by atoms with Crippen LogP contribution in [0.25, 0.3) is 9.88 Å². The molecule has 0 saturated heterocycles. The number of aromatic nitrogens is 1. The van der Waals surface area contributed by atoms with E-state index in [4.69, 9.17) is 0 Å². The van der Waals surface area contributed by atoms with E-state index in [1.165, 1.54) is 35.4 Å². The van der Waals surface area contributed by atoms with Gasteiger partial charge in [-0.05, 0) is 23.4 Å². The van der Waals surface area contributed by atoms with Crippen LogP contribution < -0.4 is 0 Å². The number of hydrogen-bond donors (Lipinski definition) is 1. The molecular weight excluding hydrogens is 374 g/mol. The van der Waals surface area contributed by atoms with Crippen molar-refractivity contribution in [3.8, 4) is 9.88 Å². The molecule has 0 saturated carbocycles. The van der Waals surface area contributed by atoms with Gasteiger partial charge in [0.1, 0.15) is 5.01 Å². The molecule has 2 aromatic heterocycles. The van der Waals surface area contributed by atoms with Gasteiger partial charge in [0, 0.05) is 24.6 Å². The number of rotatable bonds is 6. The SMILES string of the molecule is CN(C(=O)O)[C@@H](Cc1ccc([N+](=O)[O-])cc1)c1csc(-c2cccs2)n1. The third kappa shape index (κ3) is 3.89. The van der Waals surface area contributed by atoms with Crippen LogP contribution in [-0.2, 0) is 6.42 Å². The molecule has 0 aliphatic rings. The van der Waals surface area contributed by atoms with Crippen molar-refractivity contribution in [2.24, 2.45) is 0 Å². The third-order valence-electron chi connectivity index (χ3n) is 3.94. The summed E-state index contributed by atoms with van der Waals surface area (Å²) >= 11 is 3.05. The number of nitro benzene ring substituents is 1. The lowest BCUT2D eigenvalue weighted by Gasteiger charge is -2.24. The van der Waals surface area contributed by atoms with Crippen LogP contribution in [0.2, 0.25) is 0 Å². The lowest BCUT2D eigenvalue weighted by atomic mass is 10.0. The Labute approximate surface area is 157 Å². The summed E-state index contributed by atoms with van der Waals surface area (Å²) in [6.07, 6.45) is -0.670. The molecule has 1 aromatic carbocycles. The van der Waals surface area contributed by atoms with Gasteiger partial charge < -0.3 is 10.0 Å². The van der Waals surface area contributed by atoms with Gasteiger partial charge in [-0.1, -0.05) is 18.2 Å². The van der Waals surface area contributed by atoms with Crippen LogP contribution >= 0.6 is 22.7 Å². The number of likely N-dealkylation sites (N-methyl/N-ethyl adjacent to an activating group) is 1. The van der Waals surface area contributed by atoms with Gasteiger partial charge in [-0.15, -0.1) is 22.7 Å². The van der Waals surface area contributed by atoms with Crippen LogP contribution in [0.5, 0.6) is 0 Å². The molecule has 3 aromatic rings. The minimum atomic E-state index is -1.05. The van der Waals surface area contributed by atoms with Crippen LogP contribution in [0.1, 0.15) is 17.3 Å². The molecule has 134 valence electrons. The molecule has 26 heavy (non-hydrogen) atoms. The molecule has 0 radical (unpaired) electrons. The minimum Gasteiger partial charge on any atom is -0.465 e. The standard InChI is InChI=1S/C17H15N3O4S2/c1-19(17(21)22)14(9-11-4-6-12(7-5-11)20(23)24)13-10-26-16(18-13)15-3-2-8-25-15/h2-8,10,14H,9H2,1H3,(H,21,22)/t14-/m0/s1. The Morgan fingerprint density at radius 2 is 2.04 bits per heavy atom. The Hall–Kier alpha value is -2.78. The number of thiophene rings is 1. The number of nitrogens with zero attached hydrogens (tertiary/aromatic N) is 3. The van der Waals surface area contributed by atoms with Gasteiger partial charge in [-0.25, -0.2) is 9.78 Å². The first-order valence-electron chi connectivity index (χ1n) is 7.64. The maximum Gasteiger partial charge on any atom is 0.407 e. The Morgan fingerprint density at radius 3 is 2.62 bits per heavy atom. The van der Waals surface area contributed by atoms with E-state index in [1.807, 2.05) is 22.9 Å². The quantitative estimate of drug-likeness (QED) is 0.488. The molecule has 0 bridgehead atoms. The number of hydrogen-bond acceptors (Lipinski definition) is 6. The fourth-order valence-corrected chi connectivity index (χ4v) is 4.18. The van der Waals surface area contributed by atoms with Crippen molar-refractivity contribution in [3.63, 3.8) is 0 Å². The average molecular weight is 389 g/mol. The predicted octanol–water partition coefficient (Wildman–Crippen LogP) is 4.67. The van der Waals surface area contributed by atoms with E-state index < -0.39 is 17.1 Å². The fraction of sp³-hybridized carbons (Fsp3) is 0.176. The number of carboxylic acid groups (broad SMARTS) is 1. The molecule has 1 N–H and O–H groups in total. The summed E-state index contributed by atoms with van der Waals surface area (Å²) < 4.78 is 0. The van der Waals surface area contributed by atoms with Crippen molar-refractivity contribution in [1.82, 2.24) is 9.88 Å². The molecule has 1 atom stereocenters. The van der Waals surface area contributed by atoms with Crippen LogP contribution in [0.15, 0.2) is 47.2 Å². The van der Waals surface area contributed by atoms with Crippen LogP contribution in [0.3, 0.4) is 0 Å². The first-order valence-corrected chi connectivity index (χ1v) is 9.40. The van der Waals surface area contributed by atoms with E-state index in [1.54, 1.807) is 23.5 Å². The Kier molecular flexibility index (Phi) is 5.29. The highest BCUT2D eigenvalue weighted by Crippen LogP contribution is 2.32. The molecule has 9 heteroatoms. The van der Waals surface area contributed by atoms with Gasteiger partial charge in [0.15, 0.2) is 0 Å². The van der Waals surface area contributed by atoms with Gasteiger partial charge >= 0.3 is 6.09 Å². The normalized spacial score (nSPS) is 11.9. The third-order valence-corrected chi connectivity index (χ3v) is 5.84. The number of benzene rings is 1. The van der Waals surface area contributed by atoms with Crippen LogP contribution in [0.4, 0.5) is 10.5 Å². The molecule has 0 unspecified atom stereocenters. The maximum absolute atomic E-state index is 11.5. The van der Waals surface area contributed by atoms with Crippen LogP contribution in [0, 0.1) is 10.1 Å². The topological polar surface area (TPSA) is 96.6 Å². The van der Waals surface area contributed by atoms with Gasteiger partial charge in [-0.3, -0.25) is 10.1 Å². The first-order chi connectivity index (χ1) is 12.5. The zero-order chi connectivity index (χ0) is 18.7. The molecule has 0 aliphatic heterocycles. The smallest absolute Gasteiger partial charge is 0.407 e. The highest BCUT2D eigenvalue weighted by molar-refractivity contribution is 7.20. The molecule has 7 nitrogen and oxygen atoms in total. The minimum absolute atomic E-state index is 0.00512. The fourth-order valence-electron chi connectivity index (χ4n) is 2.50. The van der Waals surface area contributed by atoms with E-state index >= 15 is 0 Å². The molecule has 1 amide bonds. The molecular formula is C17H15N3O4S2. The Morgan fingerprint density at radius 1 is 1.31 bits per heavy atom. The van der Waals surface area contributed by atoms with Gasteiger partial charge in [0.25, 0.3) is 5.69 Å². The maximum atomic E-state index is 11.5. The average Bonchev–Trinajstić information content (AvgIpc) is 3.30. The molecule has 0 aliphatic carbocycles. The summed E-state index contributed by atoms with van der Waals surface area (Å²) in [4.78, 5) is 28.7. The van der Waals surface area contributed by atoms with Crippen LogP contribution in [-0.4, -0.2) is 33.1 Å². The first kappa shape index (κ1) is 18.0. The van der Waals surface area contributed by atoms with E-state index in [2.05, 4.69) is 4.98 Å². The van der Waals surface area contributed by atoms with E-state index in [0.717, 1.165) is 15.4 Å². The number of non-ortho nitro benzene ring substituents is 1. The second-order valence-corrected chi connectivity index (χ2v) is 7.40. The van der Waals surface area contributed by atoms with Crippen molar-refractivity contribution in [2.75, 3.05) is 7.05 Å². The summed E-state index contributed by atoms with van der Waals surface area (Å²) in [6.45, 7) is 0.